The molecular weight excluding hydrogens is 234 g/mol. The van der Waals surface area contributed by atoms with Gasteiger partial charge >= 0.3 is 0 Å². The topological polar surface area (TPSA) is 21.3 Å². The number of ether oxygens (including phenoxy) is 1. The van der Waals surface area contributed by atoms with Gasteiger partial charge in [-0.2, -0.15) is 0 Å². The molecule has 1 fully saturated rings. The van der Waals surface area contributed by atoms with Crippen LogP contribution in [-0.2, 0) is 0 Å². The van der Waals surface area contributed by atoms with Crippen molar-refractivity contribution < 1.29 is 4.74 Å². The van der Waals surface area contributed by atoms with E-state index in [9.17, 15) is 0 Å². The van der Waals surface area contributed by atoms with Gasteiger partial charge < -0.3 is 10.1 Å². The van der Waals surface area contributed by atoms with Crippen molar-refractivity contribution in [3.05, 3.63) is 29.3 Å². The molecule has 0 atom stereocenters. The van der Waals surface area contributed by atoms with Gasteiger partial charge in [0.1, 0.15) is 11.4 Å². The molecule has 1 N–H and O–H groups in total. The van der Waals surface area contributed by atoms with E-state index in [1.54, 1.807) is 0 Å². The van der Waals surface area contributed by atoms with Crippen LogP contribution < -0.4 is 10.1 Å². The van der Waals surface area contributed by atoms with Crippen LogP contribution in [-0.4, -0.2) is 18.7 Å². The molecule has 0 amide bonds. The van der Waals surface area contributed by atoms with Crippen LogP contribution in [0.5, 0.6) is 5.75 Å². The van der Waals surface area contributed by atoms with Crippen LogP contribution in [0.1, 0.15) is 50.2 Å². The number of aryl methyl sites for hydroxylation is 2. The molecule has 0 spiro atoms. The summed E-state index contributed by atoms with van der Waals surface area (Å²) in [4.78, 5) is 0. The van der Waals surface area contributed by atoms with Crippen LogP contribution >= 0.6 is 0 Å². The molecule has 1 aromatic carbocycles. The number of rotatable bonds is 7. The van der Waals surface area contributed by atoms with Crippen molar-refractivity contribution in [2.75, 3.05) is 13.1 Å². The SMILES string of the molecule is CCCNCCC1(Oc2ccc(C)cc2C)CCC1. The molecular formula is C17H27NO. The summed E-state index contributed by atoms with van der Waals surface area (Å²) in [6.45, 7) is 8.66. The van der Waals surface area contributed by atoms with E-state index >= 15 is 0 Å². The molecule has 0 radical (unpaired) electrons. The standard InChI is InChI=1S/C17H27NO/c1-4-11-18-12-10-17(8-5-9-17)19-16-7-6-14(2)13-15(16)3/h6-7,13,18H,4-5,8-12H2,1-3H3. The lowest BCUT2D eigenvalue weighted by Crippen LogP contribution is -2.45. The molecule has 0 heterocycles. The van der Waals surface area contributed by atoms with Crippen LogP contribution in [0.2, 0.25) is 0 Å². The fourth-order valence-corrected chi connectivity index (χ4v) is 2.74. The number of hydrogen-bond acceptors (Lipinski definition) is 2. The van der Waals surface area contributed by atoms with Crippen molar-refractivity contribution >= 4 is 0 Å². The normalized spacial score (nSPS) is 17.0. The highest BCUT2D eigenvalue weighted by Crippen LogP contribution is 2.40. The maximum atomic E-state index is 6.36. The third-order valence-corrected chi connectivity index (χ3v) is 4.11. The van der Waals surface area contributed by atoms with Crippen LogP contribution in [0.4, 0.5) is 0 Å². The molecule has 0 saturated heterocycles. The van der Waals surface area contributed by atoms with Crippen molar-refractivity contribution in [1.82, 2.24) is 5.32 Å². The minimum absolute atomic E-state index is 0.0980. The van der Waals surface area contributed by atoms with Gasteiger partial charge in [-0.25, -0.2) is 0 Å². The quantitative estimate of drug-likeness (QED) is 0.749. The average Bonchev–Trinajstić information content (AvgIpc) is 2.34. The lowest BCUT2D eigenvalue weighted by atomic mass is 9.77. The minimum atomic E-state index is 0.0980. The second kappa shape index (κ2) is 6.42. The number of nitrogens with one attached hydrogen (secondary N) is 1. The van der Waals surface area contributed by atoms with E-state index in [-0.39, 0.29) is 5.60 Å². The molecule has 0 bridgehead atoms. The summed E-state index contributed by atoms with van der Waals surface area (Å²) in [6, 6.07) is 6.48. The molecule has 1 aliphatic rings. The maximum absolute atomic E-state index is 6.36. The molecule has 19 heavy (non-hydrogen) atoms. The summed E-state index contributed by atoms with van der Waals surface area (Å²) in [7, 11) is 0. The van der Waals surface area contributed by atoms with Crippen molar-refractivity contribution in [2.45, 2.75) is 58.5 Å². The Labute approximate surface area is 117 Å². The van der Waals surface area contributed by atoms with Crippen LogP contribution in [0.15, 0.2) is 18.2 Å². The van der Waals surface area contributed by atoms with E-state index < -0.39 is 0 Å². The summed E-state index contributed by atoms with van der Waals surface area (Å²) >= 11 is 0. The molecule has 2 nitrogen and oxygen atoms in total. The lowest BCUT2D eigenvalue weighted by molar-refractivity contribution is -0.0147. The van der Waals surface area contributed by atoms with E-state index in [1.165, 1.54) is 36.8 Å². The van der Waals surface area contributed by atoms with Gasteiger partial charge in [0.25, 0.3) is 0 Å². The van der Waals surface area contributed by atoms with Crippen LogP contribution in [0.3, 0.4) is 0 Å². The highest BCUT2D eigenvalue weighted by molar-refractivity contribution is 5.36. The van der Waals surface area contributed by atoms with Gasteiger partial charge in [0.05, 0.1) is 0 Å². The zero-order valence-electron chi connectivity index (χ0n) is 12.6. The second-order valence-electron chi connectivity index (χ2n) is 5.91. The zero-order chi connectivity index (χ0) is 13.7. The van der Waals surface area contributed by atoms with Crippen molar-refractivity contribution in [3.8, 4) is 5.75 Å². The highest BCUT2D eigenvalue weighted by Gasteiger charge is 2.38. The van der Waals surface area contributed by atoms with Crippen molar-refractivity contribution in [3.63, 3.8) is 0 Å². The first kappa shape index (κ1) is 14.4. The van der Waals surface area contributed by atoms with Gasteiger partial charge in [0.15, 0.2) is 0 Å². The molecule has 106 valence electrons. The Morgan fingerprint density at radius 2 is 2.00 bits per heavy atom. The largest absolute Gasteiger partial charge is 0.487 e. The third-order valence-electron chi connectivity index (χ3n) is 4.11. The van der Waals surface area contributed by atoms with E-state index in [2.05, 4.69) is 44.3 Å². The second-order valence-corrected chi connectivity index (χ2v) is 5.91. The molecule has 1 aromatic rings. The summed E-state index contributed by atoms with van der Waals surface area (Å²) in [6.07, 6.45) is 6.03. The monoisotopic (exact) mass is 261 g/mol. The Hall–Kier alpha value is -1.02. The summed E-state index contributed by atoms with van der Waals surface area (Å²) < 4.78 is 6.36. The fourth-order valence-electron chi connectivity index (χ4n) is 2.74. The maximum Gasteiger partial charge on any atom is 0.123 e. The van der Waals surface area contributed by atoms with Crippen molar-refractivity contribution in [1.29, 1.82) is 0 Å². The first-order chi connectivity index (χ1) is 9.15. The predicted molar refractivity (Wildman–Crippen MR) is 80.9 cm³/mol. The Bertz CT molecular complexity index is 410. The highest BCUT2D eigenvalue weighted by atomic mass is 16.5. The van der Waals surface area contributed by atoms with Gasteiger partial charge in [-0.1, -0.05) is 24.6 Å². The molecule has 1 aliphatic carbocycles. The number of benzene rings is 1. The van der Waals surface area contributed by atoms with Crippen LogP contribution in [0.25, 0.3) is 0 Å². The van der Waals surface area contributed by atoms with E-state index in [0.29, 0.717) is 0 Å². The summed E-state index contributed by atoms with van der Waals surface area (Å²) in [5.74, 6) is 1.07. The fraction of sp³-hybridized carbons (Fsp3) is 0.647. The molecule has 0 aromatic heterocycles. The van der Waals surface area contributed by atoms with Crippen LogP contribution in [0, 0.1) is 13.8 Å². The Morgan fingerprint density at radius 3 is 2.58 bits per heavy atom. The number of hydrogen-bond donors (Lipinski definition) is 1. The Kier molecular flexibility index (Phi) is 4.87. The lowest BCUT2D eigenvalue weighted by Gasteiger charge is -2.42. The molecule has 0 aliphatic heterocycles. The van der Waals surface area contributed by atoms with Gasteiger partial charge in [-0.3, -0.25) is 0 Å². The third kappa shape index (κ3) is 3.73. The van der Waals surface area contributed by atoms with Crippen molar-refractivity contribution in [2.24, 2.45) is 0 Å². The first-order valence-corrected chi connectivity index (χ1v) is 7.62. The molecule has 2 rings (SSSR count). The van der Waals surface area contributed by atoms with Gasteiger partial charge in [-0.05, 0) is 70.7 Å². The summed E-state index contributed by atoms with van der Waals surface area (Å²) in [5.41, 5.74) is 2.66. The Morgan fingerprint density at radius 1 is 1.21 bits per heavy atom. The smallest absolute Gasteiger partial charge is 0.123 e. The van der Waals surface area contributed by atoms with Gasteiger partial charge in [0, 0.05) is 0 Å². The molecule has 1 saturated carbocycles. The van der Waals surface area contributed by atoms with E-state index in [4.69, 9.17) is 4.74 Å². The van der Waals surface area contributed by atoms with E-state index in [1.807, 2.05) is 0 Å². The Balaban J connectivity index is 1.94. The zero-order valence-corrected chi connectivity index (χ0v) is 12.6. The minimum Gasteiger partial charge on any atom is -0.487 e. The molecule has 2 heteroatoms. The average molecular weight is 261 g/mol. The summed E-state index contributed by atoms with van der Waals surface area (Å²) in [5, 5.41) is 3.49. The molecule has 0 unspecified atom stereocenters. The first-order valence-electron chi connectivity index (χ1n) is 7.62. The van der Waals surface area contributed by atoms with Gasteiger partial charge in [0.2, 0.25) is 0 Å². The predicted octanol–water partition coefficient (Wildman–Crippen LogP) is 3.99. The van der Waals surface area contributed by atoms with Gasteiger partial charge in [-0.15, -0.1) is 0 Å². The van der Waals surface area contributed by atoms with E-state index in [0.717, 1.165) is 25.3 Å².